The van der Waals surface area contributed by atoms with Gasteiger partial charge in [0.15, 0.2) is 6.23 Å². The van der Waals surface area contributed by atoms with Crippen LogP contribution in [0.2, 0.25) is 0 Å². The van der Waals surface area contributed by atoms with Crippen LogP contribution in [0.5, 0.6) is 0 Å². The van der Waals surface area contributed by atoms with Crippen molar-refractivity contribution in [2.75, 3.05) is 13.2 Å². The van der Waals surface area contributed by atoms with E-state index in [1.54, 1.807) is 0 Å². The minimum atomic E-state index is -0.594. The van der Waals surface area contributed by atoms with Crippen molar-refractivity contribution < 1.29 is 9.53 Å². The molecule has 0 spiro atoms. The Morgan fingerprint density at radius 2 is 2.40 bits per heavy atom. The van der Waals surface area contributed by atoms with Crippen molar-refractivity contribution in [3.05, 3.63) is 21.2 Å². The van der Waals surface area contributed by atoms with E-state index in [-0.39, 0.29) is 16.6 Å². The molecule has 80 valence electrons. The Morgan fingerprint density at radius 1 is 1.60 bits per heavy atom. The number of azide groups is 1. The van der Waals surface area contributed by atoms with E-state index in [0.717, 1.165) is 12.8 Å². The summed E-state index contributed by atoms with van der Waals surface area (Å²) < 4.78 is 5.43. The van der Waals surface area contributed by atoms with Gasteiger partial charge in [-0.3, -0.25) is 4.79 Å². The van der Waals surface area contributed by atoms with Crippen LogP contribution in [0.15, 0.2) is 15.8 Å². The van der Waals surface area contributed by atoms with Crippen molar-refractivity contribution in [1.29, 1.82) is 0 Å². The van der Waals surface area contributed by atoms with Gasteiger partial charge in [0.1, 0.15) is 5.03 Å². The molecule has 2 aliphatic heterocycles. The molecular formula is C8H9ClN4O2. The van der Waals surface area contributed by atoms with Crippen LogP contribution in [-0.4, -0.2) is 30.2 Å². The Morgan fingerprint density at radius 3 is 3.13 bits per heavy atom. The molecule has 1 fully saturated rings. The molecule has 7 heteroatoms. The first-order chi connectivity index (χ1) is 7.25. The quantitative estimate of drug-likeness (QED) is 0.389. The summed E-state index contributed by atoms with van der Waals surface area (Å²) in [7, 11) is 0. The highest BCUT2D eigenvalue weighted by Gasteiger charge is 2.39. The van der Waals surface area contributed by atoms with Gasteiger partial charge in [-0.1, -0.05) is 16.7 Å². The molecule has 0 aromatic heterocycles. The Hall–Kier alpha value is -1.23. The predicted molar refractivity (Wildman–Crippen MR) is 52.7 cm³/mol. The first-order valence-corrected chi connectivity index (χ1v) is 5.01. The van der Waals surface area contributed by atoms with Crippen LogP contribution in [0.1, 0.15) is 12.8 Å². The number of amides is 1. The molecule has 0 bridgehead atoms. The molecule has 0 aromatic carbocycles. The lowest BCUT2D eigenvalue weighted by Crippen LogP contribution is -2.36. The Labute approximate surface area is 91.1 Å². The van der Waals surface area contributed by atoms with Crippen molar-refractivity contribution in [2.24, 2.45) is 5.11 Å². The lowest BCUT2D eigenvalue weighted by atomic mass is 10.3. The average molecular weight is 229 g/mol. The summed E-state index contributed by atoms with van der Waals surface area (Å²) in [5.74, 6) is -0.314. The topological polar surface area (TPSA) is 78.3 Å². The van der Waals surface area contributed by atoms with E-state index in [1.807, 2.05) is 0 Å². The molecule has 1 atom stereocenters. The summed E-state index contributed by atoms with van der Waals surface area (Å²) in [6.07, 6.45) is 1.17. The maximum Gasteiger partial charge on any atom is 0.267 e. The van der Waals surface area contributed by atoms with Crippen LogP contribution in [0.25, 0.3) is 10.4 Å². The molecule has 0 aliphatic carbocycles. The van der Waals surface area contributed by atoms with Gasteiger partial charge in [0.25, 0.3) is 5.91 Å². The smallest absolute Gasteiger partial charge is 0.267 e. The molecule has 2 rings (SSSR count). The summed E-state index contributed by atoms with van der Waals surface area (Å²) in [5.41, 5.74) is 8.56. The number of rotatable bonds is 1. The maximum absolute atomic E-state index is 11.7. The van der Waals surface area contributed by atoms with Crippen LogP contribution in [0.3, 0.4) is 0 Å². The molecule has 15 heavy (non-hydrogen) atoms. The minimum Gasteiger partial charge on any atom is -0.354 e. The number of hydrogen-bond donors (Lipinski definition) is 0. The minimum absolute atomic E-state index is 0.0281. The van der Waals surface area contributed by atoms with E-state index >= 15 is 0 Å². The largest absolute Gasteiger partial charge is 0.354 e. The third kappa shape index (κ3) is 1.67. The van der Waals surface area contributed by atoms with Crippen molar-refractivity contribution in [2.45, 2.75) is 19.1 Å². The van der Waals surface area contributed by atoms with Crippen molar-refractivity contribution >= 4 is 17.5 Å². The van der Waals surface area contributed by atoms with E-state index in [4.69, 9.17) is 21.9 Å². The van der Waals surface area contributed by atoms with Gasteiger partial charge in [0.2, 0.25) is 0 Å². The third-order valence-corrected chi connectivity index (χ3v) is 2.77. The van der Waals surface area contributed by atoms with Gasteiger partial charge >= 0.3 is 0 Å². The highest BCUT2D eigenvalue weighted by atomic mass is 35.5. The molecular weight excluding hydrogens is 220 g/mol. The molecule has 0 N–H and O–H groups in total. The van der Waals surface area contributed by atoms with Gasteiger partial charge in [0.05, 0.1) is 5.70 Å². The molecule has 1 amide bonds. The summed E-state index contributed by atoms with van der Waals surface area (Å²) >= 11 is 5.78. The summed E-state index contributed by atoms with van der Waals surface area (Å²) in [6.45, 7) is 1.13. The standard InChI is InChI=1S/C8H9ClN4O2/c9-5-6(11-12-10)8-13(7(5)14)3-1-2-4-15-8/h8H,1-4H2. The number of hydrogen-bond acceptors (Lipinski definition) is 3. The Balaban J connectivity index is 2.35. The van der Waals surface area contributed by atoms with Crippen molar-refractivity contribution in [3.63, 3.8) is 0 Å². The highest BCUT2D eigenvalue weighted by Crippen LogP contribution is 2.32. The molecule has 0 radical (unpaired) electrons. The van der Waals surface area contributed by atoms with Gasteiger partial charge in [-0.15, -0.1) is 0 Å². The highest BCUT2D eigenvalue weighted by molar-refractivity contribution is 6.43. The second-order valence-corrected chi connectivity index (χ2v) is 3.70. The fourth-order valence-electron chi connectivity index (χ4n) is 1.71. The van der Waals surface area contributed by atoms with E-state index in [9.17, 15) is 4.79 Å². The molecule has 2 aliphatic rings. The first-order valence-electron chi connectivity index (χ1n) is 4.63. The number of carbonyl (C=O) groups excluding carboxylic acids is 1. The van der Waals surface area contributed by atoms with Crippen molar-refractivity contribution in [1.82, 2.24) is 4.90 Å². The predicted octanol–water partition coefficient (Wildman–Crippen LogP) is 1.73. The van der Waals surface area contributed by atoms with E-state index in [0.29, 0.717) is 13.2 Å². The normalized spacial score (nSPS) is 26.1. The summed E-state index contributed by atoms with van der Waals surface area (Å²) in [4.78, 5) is 15.8. The molecule has 6 nitrogen and oxygen atoms in total. The van der Waals surface area contributed by atoms with E-state index in [2.05, 4.69) is 10.0 Å². The van der Waals surface area contributed by atoms with Crippen molar-refractivity contribution in [3.8, 4) is 0 Å². The second-order valence-electron chi connectivity index (χ2n) is 3.32. The zero-order valence-corrected chi connectivity index (χ0v) is 8.65. The lowest BCUT2D eigenvalue weighted by Gasteiger charge is -2.22. The SMILES string of the molecule is [N-]=[N+]=NC1=C(Cl)C(=O)N2CCCCOC12. The maximum atomic E-state index is 11.7. The van der Waals surface area contributed by atoms with Gasteiger partial charge in [-0.25, -0.2) is 0 Å². The molecule has 0 aromatic rings. The zero-order valence-electron chi connectivity index (χ0n) is 7.89. The molecule has 1 unspecified atom stereocenters. The van der Waals surface area contributed by atoms with Gasteiger partial charge in [0, 0.05) is 18.1 Å². The number of ether oxygens (including phenoxy) is 1. The van der Waals surface area contributed by atoms with Gasteiger partial charge < -0.3 is 9.64 Å². The molecule has 1 saturated heterocycles. The fourth-order valence-corrected chi connectivity index (χ4v) is 1.95. The molecule has 0 saturated carbocycles. The Bertz CT molecular complexity index is 375. The number of carbonyl (C=O) groups is 1. The zero-order chi connectivity index (χ0) is 10.8. The van der Waals surface area contributed by atoms with Gasteiger partial charge in [-0.2, -0.15) is 0 Å². The van der Waals surface area contributed by atoms with Crippen LogP contribution in [0, 0.1) is 0 Å². The Kier molecular flexibility index (Phi) is 2.81. The third-order valence-electron chi connectivity index (χ3n) is 2.41. The van der Waals surface area contributed by atoms with Crippen LogP contribution in [0.4, 0.5) is 0 Å². The summed E-state index contributed by atoms with van der Waals surface area (Å²) in [6, 6.07) is 0. The van der Waals surface area contributed by atoms with E-state index < -0.39 is 6.23 Å². The first kappa shape index (κ1) is 10.3. The summed E-state index contributed by atoms with van der Waals surface area (Å²) in [5, 5.41) is 3.39. The lowest BCUT2D eigenvalue weighted by molar-refractivity contribution is -0.132. The monoisotopic (exact) mass is 228 g/mol. The van der Waals surface area contributed by atoms with Crippen LogP contribution >= 0.6 is 11.6 Å². The average Bonchev–Trinajstić information content (AvgIpc) is 2.47. The number of nitrogens with zero attached hydrogens (tertiary/aromatic N) is 4. The fraction of sp³-hybridized carbons (Fsp3) is 0.625. The van der Waals surface area contributed by atoms with E-state index in [1.165, 1.54) is 4.90 Å². The second kappa shape index (κ2) is 4.10. The van der Waals surface area contributed by atoms with Crippen LogP contribution < -0.4 is 0 Å². The van der Waals surface area contributed by atoms with Crippen LogP contribution in [-0.2, 0) is 9.53 Å². The molecule has 2 heterocycles. The number of halogens is 1. The number of fused-ring (bicyclic) bond motifs is 1. The van der Waals surface area contributed by atoms with Gasteiger partial charge in [-0.05, 0) is 18.4 Å².